The molecule has 21 heavy (non-hydrogen) atoms. The predicted octanol–water partition coefficient (Wildman–Crippen LogP) is 4.37. The van der Waals surface area contributed by atoms with Crippen molar-refractivity contribution < 1.29 is 4.39 Å². The van der Waals surface area contributed by atoms with Gasteiger partial charge in [-0.25, -0.2) is 4.39 Å². The van der Waals surface area contributed by atoms with Crippen LogP contribution >= 0.6 is 11.8 Å². The van der Waals surface area contributed by atoms with Crippen LogP contribution in [0, 0.1) is 19.7 Å². The van der Waals surface area contributed by atoms with Crippen LogP contribution in [0.5, 0.6) is 0 Å². The second-order valence-electron chi connectivity index (χ2n) is 5.38. The lowest BCUT2D eigenvalue weighted by atomic mass is 10.00. The maximum absolute atomic E-state index is 12.9. The highest BCUT2D eigenvalue weighted by atomic mass is 32.2. The third-order valence-corrected chi connectivity index (χ3v) is 4.82. The molecule has 112 valence electrons. The predicted molar refractivity (Wildman–Crippen MR) is 89.6 cm³/mol. The number of rotatable bonds is 6. The summed E-state index contributed by atoms with van der Waals surface area (Å²) >= 11 is 1.76. The summed E-state index contributed by atoms with van der Waals surface area (Å²) in [5, 5.41) is 3.38. The maximum atomic E-state index is 12.9. The molecule has 0 spiro atoms. The number of thioether (sulfide) groups is 1. The first kappa shape index (κ1) is 16.1. The van der Waals surface area contributed by atoms with E-state index in [4.69, 9.17) is 0 Å². The van der Waals surface area contributed by atoms with E-state index in [2.05, 4.69) is 37.4 Å². The van der Waals surface area contributed by atoms with E-state index in [0.29, 0.717) is 6.04 Å². The number of hydrogen-bond donors (Lipinski definition) is 1. The molecule has 0 amide bonds. The van der Waals surface area contributed by atoms with E-state index in [0.717, 1.165) is 17.1 Å². The average Bonchev–Trinajstić information content (AvgIpc) is 2.48. The summed E-state index contributed by atoms with van der Waals surface area (Å²) < 4.78 is 12.9. The monoisotopic (exact) mass is 303 g/mol. The van der Waals surface area contributed by atoms with Gasteiger partial charge in [-0.2, -0.15) is 0 Å². The van der Waals surface area contributed by atoms with E-state index in [1.54, 1.807) is 11.8 Å². The zero-order valence-electron chi connectivity index (χ0n) is 12.8. The highest BCUT2D eigenvalue weighted by Gasteiger charge is 2.10. The van der Waals surface area contributed by atoms with Crippen LogP contribution in [0.2, 0.25) is 0 Å². The van der Waals surface area contributed by atoms with Crippen LogP contribution < -0.4 is 5.32 Å². The number of nitrogens with one attached hydrogen (secondary N) is 1. The van der Waals surface area contributed by atoms with Crippen molar-refractivity contribution in [2.45, 2.75) is 31.2 Å². The molecule has 1 N–H and O–H groups in total. The van der Waals surface area contributed by atoms with Gasteiger partial charge in [0.1, 0.15) is 5.82 Å². The van der Waals surface area contributed by atoms with Crippen molar-refractivity contribution in [1.29, 1.82) is 0 Å². The lowest BCUT2D eigenvalue weighted by molar-refractivity contribution is 0.615. The summed E-state index contributed by atoms with van der Waals surface area (Å²) in [5.74, 6) is 0.787. The van der Waals surface area contributed by atoms with Gasteiger partial charge in [-0.3, -0.25) is 0 Å². The summed E-state index contributed by atoms with van der Waals surface area (Å²) in [6, 6.07) is 13.7. The molecular formula is C18H22FNS. The number of benzene rings is 2. The van der Waals surface area contributed by atoms with E-state index in [1.807, 2.05) is 19.2 Å². The van der Waals surface area contributed by atoms with Gasteiger partial charge >= 0.3 is 0 Å². The fourth-order valence-corrected chi connectivity index (χ4v) is 3.26. The van der Waals surface area contributed by atoms with E-state index in [-0.39, 0.29) is 5.82 Å². The molecule has 0 aliphatic carbocycles. The summed E-state index contributed by atoms with van der Waals surface area (Å²) in [7, 11) is 2.00. The molecule has 3 heteroatoms. The lowest BCUT2D eigenvalue weighted by Crippen LogP contribution is -2.30. The van der Waals surface area contributed by atoms with Gasteiger partial charge in [-0.05, 0) is 62.7 Å². The minimum Gasteiger partial charge on any atom is -0.316 e. The van der Waals surface area contributed by atoms with E-state index < -0.39 is 0 Å². The molecule has 0 fully saturated rings. The largest absolute Gasteiger partial charge is 0.316 e. The summed E-state index contributed by atoms with van der Waals surface area (Å²) in [6.07, 6.45) is 1.01. The molecule has 1 atom stereocenters. The maximum Gasteiger partial charge on any atom is 0.123 e. The van der Waals surface area contributed by atoms with E-state index >= 15 is 0 Å². The normalized spacial score (nSPS) is 12.4. The zero-order chi connectivity index (χ0) is 15.2. The second kappa shape index (κ2) is 7.62. The SMILES string of the molecule is CNC(CSc1ccc(F)cc1)Cc1cc(C)ccc1C. The fourth-order valence-electron chi connectivity index (χ4n) is 2.26. The molecule has 0 aliphatic rings. The number of hydrogen-bond acceptors (Lipinski definition) is 2. The third-order valence-electron chi connectivity index (χ3n) is 3.64. The fraction of sp³-hybridized carbons (Fsp3) is 0.333. The van der Waals surface area contributed by atoms with Crippen molar-refractivity contribution in [3.05, 3.63) is 65.0 Å². The van der Waals surface area contributed by atoms with Gasteiger partial charge in [0.05, 0.1) is 0 Å². The van der Waals surface area contributed by atoms with Crippen molar-refractivity contribution in [1.82, 2.24) is 5.32 Å². The van der Waals surface area contributed by atoms with Gasteiger partial charge in [0.25, 0.3) is 0 Å². The van der Waals surface area contributed by atoms with Crippen LogP contribution in [0.15, 0.2) is 47.4 Å². The minimum atomic E-state index is -0.181. The molecule has 2 rings (SSSR count). The highest BCUT2D eigenvalue weighted by Crippen LogP contribution is 2.21. The molecule has 0 saturated heterocycles. The molecule has 0 bridgehead atoms. The molecule has 0 radical (unpaired) electrons. The third kappa shape index (κ3) is 4.87. The summed E-state index contributed by atoms with van der Waals surface area (Å²) in [4.78, 5) is 1.11. The Morgan fingerprint density at radius 2 is 1.81 bits per heavy atom. The van der Waals surface area contributed by atoms with Crippen molar-refractivity contribution in [3.8, 4) is 0 Å². The highest BCUT2D eigenvalue weighted by molar-refractivity contribution is 7.99. The van der Waals surface area contributed by atoms with Crippen LogP contribution in [0.3, 0.4) is 0 Å². The van der Waals surface area contributed by atoms with Gasteiger partial charge in [0.2, 0.25) is 0 Å². The van der Waals surface area contributed by atoms with Crippen LogP contribution in [0.1, 0.15) is 16.7 Å². The Labute approximate surface area is 131 Å². The molecule has 1 nitrogen and oxygen atoms in total. The minimum absolute atomic E-state index is 0.181. The quantitative estimate of drug-likeness (QED) is 0.796. The summed E-state index contributed by atoms with van der Waals surface area (Å²) in [6.45, 7) is 4.29. The number of halogens is 1. The zero-order valence-corrected chi connectivity index (χ0v) is 13.6. The Balaban J connectivity index is 1.96. The van der Waals surface area contributed by atoms with Crippen LogP contribution in [0.4, 0.5) is 4.39 Å². The Morgan fingerprint density at radius 1 is 1.10 bits per heavy atom. The lowest BCUT2D eigenvalue weighted by Gasteiger charge is -2.17. The average molecular weight is 303 g/mol. The molecule has 2 aromatic carbocycles. The van der Waals surface area contributed by atoms with Crippen LogP contribution in [-0.2, 0) is 6.42 Å². The Morgan fingerprint density at radius 3 is 2.48 bits per heavy atom. The molecular weight excluding hydrogens is 281 g/mol. The van der Waals surface area contributed by atoms with Gasteiger partial charge in [-0.1, -0.05) is 23.8 Å². The van der Waals surface area contributed by atoms with E-state index in [9.17, 15) is 4.39 Å². The molecule has 0 saturated carbocycles. The molecule has 2 aromatic rings. The molecule has 0 heterocycles. The molecule has 1 unspecified atom stereocenters. The van der Waals surface area contributed by atoms with Gasteiger partial charge in [0, 0.05) is 16.7 Å². The topological polar surface area (TPSA) is 12.0 Å². The smallest absolute Gasteiger partial charge is 0.123 e. The Hall–Kier alpha value is -1.32. The first-order valence-corrected chi connectivity index (χ1v) is 8.19. The van der Waals surface area contributed by atoms with Crippen molar-refractivity contribution in [3.63, 3.8) is 0 Å². The summed E-state index contributed by atoms with van der Waals surface area (Å²) in [5.41, 5.74) is 4.04. The number of aryl methyl sites for hydroxylation is 2. The van der Waals surface area contributed by atoms with Crippen LogP contribution in [-0.4, -0.2) is 18.8 Å². The first-order valence-electron chi connectivity index (χ1n) is 7.20. The Bertz CT molecular complexity index is 580. The number of likely N-dealkylation sites (N-methyl/N-ethyl adjacent to an activating group) is 1. The molecule has 0 aromatic heterocycles. The van der Waals surface area contributed by atoms with Gasteiger partial charge in [0.15, 0.2) is 0 Å². The van der Waals surface area contributed by atoms with Gasteiger partial charge in [-0.15, -0.1) is 11.8 Å². The van der Waals surface area contributed by atoms with Gasteiger partial charge < -0.3 is 5.32 Å². The van der Waals surface area contributed by atoms with E-state index in [1.165, 1.54) is 28.8 Å². The van der Waals surface area contributed by atoms with Crippen molar-refractivity contribution >= 4 is 11.8 Å². The standard InChI is InChI=1S/C18H22FNS/c1-13-4-5-14(2)15(10-13)11-17(20-3)12-21-18-8-6-16(19)7-9-18/h4-10,17,20H,11-12H2,1-3H3. The molecule has 0 aliphatic heterocycles. The second-order valence-corrected chi connectivity index (χ2v) is 6.48. The van der Waals surface area contributed by atoms with Crippen LogP contribution in [0.25, 0.3) is 0 Å². The first-order chi connectivity index (χ1) is 10.1. The van der Waals surface area contributed by atoms with Crippen molar-refractivity contribution in [2.24, 2.45) is 0 Å². The Kier molecular flexibility index (Phi) is 5.83. The van der Waals surface area contributed by atoms with Crippen molar-refractivity contribution in [2.75, 3.05) is 12.8 Å².